The minimum absolute atomic E-state index is 0.186. The quantitative estimate of drug-likeness (QED) is 0.865. The monoisotopic (exact) mass is 346 g/mol. The van der Waals surface area contributed by atoms with Gasteiger partial charge in [-0.3, -0.25) is 4.31 Å². The summed E-state index contributed by atoms with van der Waals surface area (Å²) in [7, 11) is -2.16. The first-order chi connectivity index (χ1) is 9.32. The molecule has 2 aromatic rings. The predicted octanol–water partition coefficient (Wildman–Crippen LogP) is 2.86. The van der Waals surface area contributed by atoms with E-state index in [1.165, 1.54) is 17.4 Å². The van der Waals surface area contributed by atoms with E-state index in [0.29, 0.717) is 15.6 Å². The maximum Gasteiger partial charge on any atom is 0.273 e. The van der Waals surface area contributed by atoms with E-state index in [1.807, 2.05) is 0 Å². The van der Waals surface area contributed by atoms with Crippen LogP contribution in [0.25, 0.3) is 0 Å². The van der Waals surface area contributed by atoms with E-state index in [4.69, 9.17) is 29.6 Å². The van der Waals surface area contributed by atoms with E-state index < -0.39 is 10.0 Å². The largest absolute Gasteiger partial charge is 0.389 e. The van der Waals surface area contributed by atoms with Crippen molar-refractivity contribution < 1.29 is 8.42 Å². The molecule has 0 unspecified atom stereocenters. The van der Waals surface area contributed by atoms with Crippen molar-refractivity contribution in [3.8, 4) is 0 Å². The minimum atomic E-state index is -3.63. The number of nitrogens with zero attached hydrogens (tertiary/aromatic N) is 1. The van der Waals surface area contributed by atoms with Crippen molar-refractivity contribution in [3.63, 3.8) is 0 Å². The van der Waals surface area contributed by atoms with Crippen molar-refractivity contribution >= 4 is 55.9 Å². The molecule has 0 saturated heterocycles. The van der Waals surface area contributed by atoms with Crippen LogP contribution >= 0.6 is 35.2 Å². The van der Waals surface area contributed by atoms with Gasteiger partial charge in [0, 0.05) is 12.6 Å². The van der Waals surface area contributed by atoms with E-state index in [-0.39, 0.29) is 9.20 Å². The van der Waals surface area contributed by atoms with Crippen LogP contribution in [0.2, 0.25) is 4.34 Å². The van der Waals surface area contributed by atoms with Crippen LogP contribution in [0.4, 0.5) is 5.69 Å². The Kier molecular flexibility index (Phi) is 4.33. The van der Waals surface area contributed by atoms with Crippen LogP contribution in [0, 0.1) is 0 Å². The number of thiocarbonyl (C=S) groups is 1. The summed E-state index contributed by atoms with van der Waals surface area (Å²) in [6, 6.07) is 9.78. The second-order valence-electron chi connectivity index (χ2n) is 3.95. The van der Waals surface area contributed by atoms with Gasteiger partial charge < -0.3 is 5.73 Å². The molecule has 0 aliphatic carbocycles. The van der Waals surface area contributed by atoms with Crippen LogP contribution in [0.5, 0.6) is 0 Å². The summed E-state index contributed by atoms with van der Waals surface area (Å²) in [4.78, 5) is 0.219. The van der Waals surface area contributed by atoms with Gasteiger partial charge in [0.15, 0.2) is 0 Å². The topological polar surface area (TPSA) is 63.4 Å². The minimum Gasteiger partial charge on any atom is -0.389 e. The highest BCUT2D eigenvalue weighted by Crippen LogP contribution is 2.30. The molecule has 0 fully saturated rings. The third-order valence-electron chi connectivity index (χ3n) is 2.66. The summed E-state index contributed by atoms with van der Waals surface area (Å²) in [5, 5.41) is 0. The number of rotatable bonds is 4. The van der Waals surface area contributed by atoms with Crippen molar-refractivity contribution in [3.05, 3.63) is 46.3 Å². The van der Waals surface area contributed by atoms with Crippen LogP contribution in [0.15, 0.2) is 40.6 Å². The smallest absolute Gasteiger partial charge is 0.273 e. The lowest BCUT2D eigenvalue weighted by Gasteiger charge is -2.19. The summed E-state index contributed by atoms with van der Waals surface area (Å²) < 4.78 is 26.7. The second-order valence-corrected chi connectivity index (χ2v) is 8.30. The molecule has 4 nitrogen and oxygen atoms in total. The van der Waals surface area contributed by atoms with Gasteiger partial charge in [-0.25, -0.2) is 8.42 Å². The Morgan fingerprint density at radius 2 is 2.05 bits per heavy atom. The first kappa shape index (κ1) is 15.2. The van der Waals surface area contributed by atoms with Crippen molar-refractivity contribution in [1.82, 2.24) is 0 Å². The fourth-order valence-electron chi connectivity index (χ4n) is 1.57. The summed E-state index contributed by atoms with van der Waals surface area (Å²) >= 11 is 11.7. The van der Waals surface area contributed by atoms with Gasteiger partial charge in [-0.05, 0) is 24.3 Å². The normalized spacial score (nSPS) is 11.3. The van der Waals surface area contributed by atoms with Gasteiger partial charge in [-0.1, -0.05) is 36.0 Å². The second kappa shape index (κ2) is 5.69. The maximum atomic E-state index is 12.4. The van der Waals surface area contributed by atoms with Crippen LogP contribution in [0.3, 0.4) is 0 Å². The van der Waals surface area contributed by atoms with Crippen molar-refractivity contribution in [2.45, 2.75) is 4.21 Å². The average molecular weight is 347 g/mol. The molecule has 1 aromatic carbocycles. The van der Waals surface area contributed by atoms with Gasteiger partial charge in [0.25, 0.3) is 10.0 Å². The van der Waals surface area contributed by atoms with Crippen LogP contribution in [-0.2, 0) is 10.0 Å². The molecule has 0 atom stereocenters. The number of benzene rings is 1. The standard InChI is InChI=1S/C12H11ClN2O2S3/c1-15(9-4-2-3-8(7-9)12(14)18)20(16,17)11-6-5-10(13)19-11/h2-7H,1H3,(H2,14,18). The molecular weight excluding hydrogens is 336 g/mol. The Morgan fingerprint density at radius 1 is 1.35 bits per heavy atom. The molecule has 8 heteroatoms. The third kappa shape index (κ3) is 2.95. The lowest BCUT2D eigenvalue weighted by Crippen LogP contribution is -2.26. The summed E-state index contributed by atoms with van der Waals surface area (Å²) in [5.41, 5.74) is 6.65. The molecule has 0 saturated carbocycles. The number of hydrogen-bond donors (Lipinski definition) is 1. The molecule has 20 heavy (non-hydrogen) atoms. The molecular formula is C12H11ClN2O2S3. The number of hydrogen-bond acceptors (Lipinski definition) is 4. The lowest BCUT2D eigenvalue weighted by molar-refractivity contribution is 0.596. The molecule has 0 radical (unpaired) electrons. The fourth-order valence-corrected chi connectivity index (χ4v) is 4.53. The lowest BCUT2D eigenvalue weighted by atomic mass is 10.2. The van der Waals surface area contributed by atoms with Gasteiger partial charge >= 0.3 is 0 Å². The van der Waals surface area contributed by atoms with E-state index in [2.05, 4.69) is 0 Å². The highest BCUT2D eigenvalue weighted by Gasteiger charge is 2.23. The van der Waals surface area contributed by atoms with E-state index >= 15 is 0 Å². The molecule has 0 amide bonds. The molecule has 0 aliphatic rings. The summed E-state index contributed by atoms with van der Waals surface area (Å²) in [6.07, 6.45) is 0. The number of nitrogens with two attached hydrogens (primary N) is 1. The predicted molar refractivity (Wildman–Crippen MR) is 87.2 cm³/mol. The summed E-state index contributed by atoms with van der Waals surface area (Å²) in [6.45, 7) is 0. The number of thiophene rings is 1. The molecule has 1 heterocycles. The number of sulfonamides is 1. The Morgan fingerprint density at radius 3 is 2.60 bits per heavy atom. The van der Waals surface area contributed by atoms with Gasteiger partial charge in [-0.15, -0.1) is 11.3 Å². The van der Waals surface area contributed by atoms with E-state index in [1.54, 1.807) is 30.3 Å². The molecule has 106 valence electrons. The zero-order chi connectivity index (χ0) is 14.9. The van der Waals surface area contributed by atoms with Gasteiger partial charge in [0.1, 0.15) is 9.20 Å². The average Bonchev–Trinajstić information content (AvgIpc) is 2.85. The number of halogens is 1. The highest BCUT2D eigenvalue weighted by atomic mass is 35.5. The molecule has 2 rings (SSSR count). The van der Waals surface area contributed by atoms with Gasteiger partial charge in [-0.2, -0.15) is 0 Å². The van der Waals surface area contributed by atoms with Crippen LogP contribution in [0.1, 0.15) is 5.56 Å². The van der Waals surface area contributed by atoms with Crippen molar-refractivity contribution in [2.24, 2.45) is 5.73 Å². The third-order valence-corrected chi connectivity index (χ3v) is 6.38. The van der Waals surface area contributed by atoms with E-state index in [0.717, 1.165) is 11.3 Å². The first-order valence-electron chi connectivity index (χ1n) is 5.46. The van der Waals surface area contributed by atoms with Crippen LogP contribution in [-0.4, -0.2) is 20.5 Å². The molecule has 0 aliphatic heterocycles. The van der Waals surface area contributed by atoms with E-state index in [9.17, 15) is 8.42 Å². The zero-order valence-corrected chi connectivity index (χ0v) is 13.6. The molecule has 1 aromatic heterocycles. The molecule has 0 spiro atoms. The van der Waals surface area contributed by atoms with Crippen molar-refractivity contribution in [1.29, 1.82) is 0 Å². The van der Waals surface area contributed by atoms with Gasteiger partial charge in [0.05, 0.1) is 10.0 Å². The number of anilines is 1. The highest BCUT2D eigenvalue weighted by molar-refractivity contribution is 7.94. The SMILES string of the molecule is CN(c1cccc(C(N)=S)c1)S(=O)(=O)c1ccc(Cl)s1. The maximum absolute atomic E-state index is 12.4. The molecule has 2 N–H and O–H groups in total. The summed E-state index contributed by atoms with van der Waals surface area (Å²) in [5.74, 6) is 0. The Bertz CT molecular complexity index is 756. The zero-order valence-electron chi connectivity index (χ0n) is 10.4. The fraction of sp³-hybridized carbons (Fsp3) is 0.0833. The Labute approximate surface area is 131 Å². The van der Waals surface area contributed by atoms with Gasteiger partial charge in [0.2, 0.25) is 0 Å². The Hall–Kier alpha value is -1.15. The molecule has 0 bridgehead atoms. The first-order valence-corrected chi connectivity index (χ1v) is 8.51. The van der Waals surface area contributed by atoms with Crippen molar-refractivity contribution in [2.75, 3.05) is 11.4 Å². The van der Waals surface area contributed by atoms with Crippen LogP contribution < -0.4 is 10.0 Å². The Balaban J connectivity index is 2.43.